The molecule has 0 fully saturated rings. The normalized spacial score (nSPS) is 11.4. The summed E-state index contributed by atoms with van der Waals surface area (Å²) in [5.74, 6) is -0.0227. The van der Waals surface area contributed by atoms with Crippen molar-refractivity contribution in [1.29, 1.82) is 5.26 Å². The zero-order valence-corrected chi connectivity index (χ0v) is 15.6. The number of aromatic nitrogens is 3. The Morgan fingerprint density at radius 1 is 1.29 bits per heavy atom. The van der Waals surface area contributed by atoms with Gasteiger partial charge in [0, 0.05) is 24.1 Å². The number of thioether (sulfide) groups is 1. The van der Waals surface area contributed by atoms with Gasteiger partial charge in [0.1, 0.15) is 6.07 Å². The van der Waals surface area contributed by atoms with Gasteiger partial charge in [-0.3, -0.25) is 9.20 Å². The molecule has 0 aliphatic carbocycles. The van der Waals surface area contributed by atoms with E-state index in [1.54, 1.807) is 6.07 Å². The lowest BCUT2D eigenvalue weighted by Gasteiger charge is -2.08. The van der Waals surface area contributed by atoms with E-state index in [1.165, 1.54) is 22.6 Å². The Morgan fingerprint density at radius 3 is 2.75 bits per heavy atom. The van der Waals surface area contributed by atoms with Crippen molar-refractivity contribution in [3.8, 4) is 6.07 Å². The first-order valence-corrected chi connectivity index (χ1v) is 9.18. The van der Waals surface area contributed by atoms with Crippen LogP contribution in [-0.4, -0.2) is 26.3 Å². The van der Waals surface area contributed by atoms with Crippen molar-refractivity contribution < 1.29 is 18.0 Å². The summed E-state index contributed by atoms with van der Waals surface area (Å²) in [6, 6.07) is 8.61. The molecule has 0 saturated heterocycles. The number of carbonyl (C=O) groups is 1. The SMILES string of the molecule is N#Cc1ccc(NC(=O)CCSc2nnc3ccc(C(F)(F)F)cn23)cc1Cl. The Morgan fingerprint density at radius 2 is 2.07 bits per heavy atom. The lowest BCUT2D eigenvalue weighted by molar-refractivity contribution is -0.137. The number of rotatable bonds is 5. The Kier molecular flexibility index (Phi) is 5.76. The van der Waals surface area contributed by atoms with E-state index in [1.807, 2.05) is 6.07 Å². The molecule has 0 atom stereocenters. The van der Waals surface area contributed by atoms with Crippen molar-refractivity contribution in [3.63, 3.8) is 0 Å². The van der Waals surface area contributed by atoms with Crippen LogP contribution < -0.4 is 5.32 Å². The summed E-state index contributed by atoms with van der Waals surface area (Å²) >= 11 is 7.03. The molecule has 0 saturated carbocycles. The number of amides is 1. The summed E-state index contributed by atoms with van der Waals surface area (Å²) in [4.78, 5) is 12.0. The zero-order chi connectivity index (χ0) is 20.3. The molecular weight excluding hydrogens is 415 g/mol. The van der Waals surface area contributed by atoms with E-state index in [-0.39, 0.29) is 33.9 Å². The molecule has 11 heteroatoms. The molecule has 2 heterocycles. The number of nitrogens with one attached hydrogen (secondary N) is 1. The first-order valence-electron chi connectivity index (χ1n) is 7.82. The minimum atomic E-state index is -4.47. The van der Waals surface area contributed by atoms with Crippen molar-refractivity contribution in [1.82, 2.24) is 14.6 Å². The Hall–Kier alpha value is -2.77. The van der Waals surface area contributed by atoms with Gasteiger partial charge in [0.15, 0.2) is 10.8 Å². The van der Waals surface area contributed by atoms with Gasteiger partial charge in [-0.2, -0.15) is 18.4 Å². The number of nitrogens with zero attached hydrogens (tertiary/aromatic N) is 4. The average Bonchev–Trinajstić information content (AvgIpc) is 3.03. The molecule has 0 bridgehead atoms. The summed E-state index contributed by atoms with van der Waals surface area (Å²) in [5.41, 5.74) is 0.221. The third-order valence-electron chi connectivity index (χ3n) is 3.63. The topological polar surface area (TPSA) is 83.1 Å². The molecule has 0 radical (unpaired) electrons. The Labute approximate surface area is 166 Å². The fourth-order valence-electron chi connectivity index (χ4n) is 2.28. The fourth-order valence-corrected chi connectivity index (χ4v) is 3.35. The van der Waals surface area contributed by atoms with Crippen molar-refractivity contribution >= 4 is 40.6 Å². The Balaban J connectivity index is 1.61. The lowest BCUT2D eigenvalue weighted by Crippen LogP contribution is -2.12. The number of hydrogen-bond donors (Lipinski definition) is 1. The molecular formula is C17H11ClF3N5OS. The predicted molar refractivity (Wildman–Crippen MR) is 98.1 cm³/mol. The van der Waals surface area contributed by atoms with Gasteiger partial charge in [-0.25, -0.2) is 0 Å². The maximum Gasteiger partial charge on any atom is 0.417 e. The zero-order valence-electron chi connectivity index (χ0n) is 14.0. The maximum atomic E-state index is 12.9. The smallest absolute Gasteiger partial charge is 0.326 e. The van der Waals surface area contributed by atoms with Crippen molar-refractivity contribution in [2.24, 2.45) is 0 Å². The van der Waals surface area contributed by atoms with E-state index >= 15 is 0 Å². The summed E-state index contributed by atoms with van der Waals surface area (Å²) in [7, 11) is 0. The highest BCUT2D eigenvalue weighted by Crippen LogP contribution is 2.30. The summed E-state index contributed by atoms with van der Waals surface area (Å²) in [5, 5.41) is 19.6. The third-order valence-corrected chi connectivity index (χ3v) is 4.89. The van der Waals surface area contributed by atoms with Crippen LogP contribution in [0.5, 0.6) is 0 Å². The first-order chi connectivity index (χ1) is 13.3. The molecule has 1 aromatic carbocycles. The predicted octanol–water partition coefficient (Wildman–Crippen LogP) is 4.39. The van der Waals surface area contributed by atoms with Gasteiger partial charge in [0.25, 0.3) is 0 Å². The maximum absolute atomic E-state index is 12.9. The van der Waals surface area contributed by atoms with Crippen LogP contribution in [0.25, 0.3) is 5.65 Å². The number of pyridine rings is 1. The fraction of sp³-hybridized carbons (Fsp3) is 0.176. The molecule has 28 heavy (non-hydrogen) atoms. The van der Waals surface area contributed by atoms with E-state index < -0.39 is 11.7 Å². The monoisotopic (exact) mass is 425 g/mol. The van der Waals surface area contributed by atoms with Crippen LogP contribution >= 0.6 is 23.4 Å². The van der Waals surface area contributed by atoms with Crippen LogP contribution in [0.2, 0.25) is 5.02 Å². The third kappa shape index (κ3) is 4.55. The van der Waals surface area contributed by atoms with Gasteiger partial charge in [-0.05, 0) is 30.3 Å². The molecule has 144 valence electrons. The van der Waals surface area contributed by atoms with Crippen LogP contribution in [0.15, 0.2) is 41.7 Å². The van der Waals surface area contributed by atoms with Crippen molar-refractivity contribution in [3.05, 3.63) is 52.7 Å². The van der Waals surface area contributed by atoms with Gasteiger partial charge >= 0.3 is 6.18 Å². The van der Waals surface area contributed by atoms with E-state index in [9.17, 15) is 18.0 Å². The highest BCUT2D eigenvalue weighted by molar-refractivity contribution is 7.99. The lowest BCUT2D eigenvalue weighted by atomic mass is 10.2. The number of halogens is 4. The number of nitriles is 1. The molecule has 3 aromatic rings. The highest BCUT2D eigenvalue weighted by Gasteiger charge is 2.31. The minimum Gasteiger partial charge on any atom is -0.326 e. The average molecular weight is 426 g/mol. The van der Waals surface area contributed by atoms with Crippen LogP contribution in [0.1, 0.15) is 17.5 Å². The summed E-state index contributed by atoms with van der Waals surface area (Å²) in [6.45, 7) is 0. The van der Waals surface area contributed by atoms with Crippen LogP contribution in [-0.2, 0) is 11.0 Å². The number of alkyl halides is 3. The number of benzene rings is 1. The second-order valence-corrected chi connectivity index (χ2v) is 7.05. The number of anilines is 1. The molecule has 1 amide bonds. The minimum absolute atomic E-state index is 0.0934. The Bertz CT molecular complexity index is 1080. The first kappa shape index (κ1) is 20.0. The van der Waals surface area contributed by atoms with Crippen molar-refractivity contribution in [2.75, 3.05) is 11.1 Å². The molecule has 0 aliphatic heterocycles. The standard InChI is InChI=1S/C17H11ClF3N5OS/c18-13-7-12(3-1-10(13)8-22)23-15(27)5-6-28-16-25-24-14-4-2-11(9-26(14)16)17(19,20)21/h1-4,7,9H,5-6H2,(H,23,27). The van der Waals surface area contributed by atoms with Gasteiger partial charge in [0.05, 0.1) is 16.1 Å². The molecule has 0 unspecified atom stereocenters. The highest BCUT2D eigenvalue weighted by atomic mass is 35.5. The quantitative estimate of drug-likeness (QED) is 0.613. The molecule has 1 N–H and O–H groups in total. The summed E-state index contributed by atoms with van der Waals surface area (Å²) < 4.78 is 39.8. The molecule has 0 spiro atoms. The van der Waals surface area contributed by atoms with Gasteiger partial charge in [-0.15, -0.1) is 10.2 Å². The molecule has 3 rings (SSSR count). The second kappa shape index (κ2) is 8.08. The van der Waals surface area contributed by atoms with E-state index in [0.29, 0.717) is 11.3 Å². The summed E-state index contributed by atoms with van der Waals surface area (Å²) in [6.07, 6.45) is -3.45. The van der Waals surface area contributed by atoms with E-state index in [4.69, 9.17) is 16.9 Å². The molecule has 6 nitrogen and oxygen atoms in total. The van der Waals surface area contributed by atoms with Gasteiger partial charge in [0.2, 0.25) is 5.91 Å². The van der Waals surface area contributed by atoms with Gasteiger partial charge in [-0.1, -0.05) is 23.4 Å². The number of fused-ring (bicyclic) bond motifs is 1. The van der Waals surface area contributed by atoms with Gasteiger partial charge < -0.3 is 5.32 Å². The molecule has 0 aliphatic rings. The van der Waals surface area contributed by atoms with E-state index in [0.717, 1.165) is 24.0 Å². The van der Waals surface area contributed by atoms with Crippen molar-refractivity contribution in [2.45, 2.75) is 17.8 Å². The van der Waals surface area contributed by atoms with Crippen LogP contribution in [0.3, 0.4) is 0 Å². The van der Waals surface area contributed by atoms with E-state index in [2.05, 4.69) is 15.5 Å². The molecule has 2 aromatic heterocycles. The number of carbonyl (C=O) groups excluding carboxylic acids is 1. The van der Waals surface area contributed by atoms with Crippen LogP contribution in [0.4, 0.5) is 18.9 Å². The largest absolute Gasteiger partial charge is 0.417 e. The number of hydrogen-bond acceptors (Lipinski definition) is 5. The second-order valence-electron chi connectivity index (χ2n) is 5.58. The van der Waals surface area contributed by atoms with Crippen LogP contribution in [0, 0.1) is 11.3 Å².